The minimum Gasteiger partial charge on any atom is -0.291 e. The fraction of sp³-hybridized carbons (Fsp3) is 0.133. The van der Waals surface area contributed by atoms with E-state index in [1.807, 2.05) is 54.6 Å². The summed E-state index contributed by atoms with van der Waals surface area (Å²) in [6.45, 7) is 0. The molecule has 19 heavy (non-hydrogen) atoms. The van der Waals surface area contributed by atoms with Gasteiger partial charge in [-0.05, 0) is 12.0 Å². The monoisotopic (exact) mass is 251 g/mol. The maximum Gasteiger partial charge on any atom is 0.199 e. The number of aromatic nitrogens is 3. The number of H-pyrrole nitrogens is 1. The Kier molecular flexibility index (Phi) is 2.83. The van der Waals surface area contributed by atoms with E-state index in [1.54, 1.807) is 0 Å². The molecule has 0 bridgehead atoms. The molecular weight excluding hydrogens is 238 g/mol. The molecule has 2 aromatic rings. The van der Waals surface area contributed by atoms with Crippen LogP contribution in [0.15, 0.2) is 60.8 Å². The topological polar surface area (TPSA) is 58.6 Å². The van der Waals surface area contributed by atoms with Crippen molar-refractivity contribution in [3.8, 4) is 0 Å². The van der Waals surface area contributed by atoms with Gasteiger partial charge in [0.15, 0.2) is 5.78 Å². The molecule has 1 aromatic heterocycles. The molecular formula is C15H13N3O. The molecule has 0 amide bonds. The minimum atomic E-state index is -0.674. The highest BCUT2D eigenvalue weighted by Gasteiger charge is 2.39. The second kappa shape index (κ2) is 4.65. The van der Waals surface area contributed by atoms with Crippen LogP contribution in [0.4, 0.5) is 0 Å². The molecule has 1 N–H and O–H groups in total. The Labute approximate surface area is 110 Å². The van der Waals surface area contributed by atoms with Crippen molar-refractivity contribution in [3.05, 3.63) is 72.1 Å². The van der Waals surface area contributed by atoms with Crippen LogP contribution in [0, 0.1) is 0 Å². The molecule has 0 aliphatic heterocycles. The van der Waals surface area contributed by atoms with E-state index in [0.717, 1.165) is 5.56 Å². The van der Waals surface area contributed by atoms with E-state index in [-0.39, 0.29) is 5.78 Å². The van der Waals surface area contributed by atoms with Crippen LogP contribution < -0.4 is 0 Å². The number of rotatable bonds is 3. The number of nitrogens with one attached hydrogen (secondary N) is 1. The Hall–Kier alpha value is -2.49. The maximum absolute atomic E-state index is 12.8. The number of benzene rings is 1. The molecule has 4 nitrogen and oxygen atoms in total. The molecule has 1 aliphatic rings. The lowest BCUT2D eigenvalue weighted by Crippen LogP contribution is -2.34. The third kappa shape index (κ3) is 1.91. The van der Waals surface area contributed by atoms with Crippen molar-refractivity contribution in [1.82, 2.24) is 15.4 Å². The smallest absolute Gasteiger partial charge is 0.199 e. The van der Waals surface area contributed by atoms with Gasteiger partial charge in [0.25, 0.3) is 0 Å². The molecule has 3 rings (SSSR count). The van der Waals surface area contributed by atoms with Gasteiger partial charge in [-0.25, -0.2) is 0 Å². The van der Waals surface area contributed by atoms with Crippen molar-refractivity contribution in [2.75, 3.05) is 0 Å². The Morgan fingerprint density at radius 1 is 1.21 bits per heavy atom. The second-order valence-corrected chi connectivity index (χ2v) is 4.51. The Bertz CT molecular complexity index is 629. The Morgan fingerprint density at radius 3 is 2.68 bits per heavy atom. The molecule has 0 fully saturated rings. The van der Waals surface area contributed by atoms with Crippen LogP contribution in [0.25, 0.3) is 0 Å². The molecule has 1 aliphatic carbocycles. The van der Waals surface area contributed by atoms with E-state index in [1.165, 1.54) is 6.20 Å². The number of hydrogen-bond acceptors (Lipinski definition) is 3. The third-order valence-electron chi connectivity index (χ3n) is 3.41. The molecule has 0 saturated heterocycles. The number of hydrogen-bond donors (Lipinski definition) is 1. The Morgan fingerprint density at radius 2 is 2.05 bits per heavy atom. The van der Waals surface area contributed by atoms with Gasteiger partial charge >= 0.3 is 0 Å². The van der Waals surface area contributed by atoms with Crippen LogP contribution in [0.5, 0.6) is 0 Å². The van der Waals surface area contributed by atoms with Crippen LogP contribution >= 0.6 is 0 Å². The summed E-state index contributed by atoms with van der Waals surface area (Å²) in [7, 11) is 0. The summed E-state index contributed by atoms with van der Waals surface area (Å²) in [6, 6.07) is 9.78. The number of aromatic amines is 1. The average molecular weight is 251 g/mol. The van der Waals surface area contributed by atoms with Crippen LogP contribution in [0.3, 0.4) is 0 Å². The van der Waals surface area contributed by atoms with Gasteiger partial charge in [0.1, 0.15) is 5.69 Å². The van der Waals surface area contributed by atoms with E-state index in [9.17, 15) is 4.79 Å². The molecule has 94 valence electrons. The first-order chi connectivity index (χ1) is 9.33. The third-order valence-corrected chi connectivity index (χ3v) is 3.41. The molecule has 0 saturated carbocycles. The zero-order chi connectivity index (χ0) is 13.1. The van der Waals surface area contributed by atoms with E-state index in [4.69, 9.17) is 0 Å². The van der Waals surface area contributed by atoms with Gasteiger partial charge < -0.3 is 0 Å². The fourth-order valence-electron chi connectivity index (χ4n) is 2.41. The number of carbonyl (C=O) groups is 1. The molecule has 1 heterocycles. The minimum absolute atomic E-state index is 0.0342. The summed E-state index contributed by atoms with van der Waals surface area (Å²) < 4.78 is 0. The van der Waals surface area contributed by atoms with Gasteiger partial charge in [0.2, 0.25) is 0 Å². The van der Waals surface area contributed by atoms with Crippen molar-refractivity contribution in [2.45, 2.75) is 11.8 Å². The SMILES string of the molecule is O=C(c1cn[nH]n1)C1(c2ccccc2)C=CC=CC1. The van der Waals surface area contributed by atoms with Crippen LogP contribution in [-0.2, 0) is 5.41 Å². The molecule has 0 radical (unpaired) electrons. The fourth-order valence-corrected chi connectivity index (χ4v) is 2.41. The van der Waals surface area contributed by atoms with Gasteiger partial charge in [-0.15, -0.1) is 0 Å². The van der Waals surface area contributed by atoms with Crippen LogP contribution in [0.1, 0.15) is 22.5 Å². The predicted molar refractivity (Wildman–Crippen MR) is 71.7 cm³/mol. The van der Waals surface area contributed by atoms with E-state index >= 15 is 0 Å². The average Bonchev–Trinajstić information content (AvgIpc) is 3.02. The van der Waals surface area contributed by atoms with Gasteiger partial charge in [-0.1, -0.05) is 54.6 Å². The summed E-state index contributed by atoms with van der Waals surface area (Å²) in [5.74, 6) is -0.0342. The van der Waals surface area contributed by atoms with Crippen molar-refractivity contribution >= 4 is 5.78 Å². The number of ketones is 1. The lowest BCUT2D eigenvalue weighted by molar-refractivity contribution is 0.0911. The highest BCUT2D eigenvalue weighted by molar-refractivity contribution is 6.04. The number of nitrogens with zero attached hydrogens (tertiary/aromatic N) is 2. The first-order valence-corrected chi connectivity index (χ1v) is 6.13. The number of allylic oxidation sites excluding steroid dienone is 4. The normalized spacial score (nSPS) is 21.5. The van der Waals surface area contributed by atoms with Gasteiger partial charge in [-0.3, -0.25) is 4.79 Å². The van der Waals surface area contributed by atoms with Crippen molar-refractivity contribution < 1.29 is 4.79 Å². The van der Waals surface area contributed by atoms with Gasteiger partial charge in [-0.2, -0.15) is 15.4 Å². The highest BCUT2D eigenvalue weighted by Crippen LogP contribution is 2.35. The second-order valence-electron chi connectivity index (χ2n) is 4.51. The van der Waals surface area contributed by atoms with Gasteiger partial charge in [0.05, 0.1) is 11.6 Å². The Balaban J connectivity index is 2.11. The largest absolute Gasteiger partial charge is 0.291 e. The van der Waals surface area contributed by atoms with Crippen molar-refractivity contribution in [2.24, 2.45) is 0 Å². The standard InChI is InChI=1S/C15H13N3O/c19-14(13-11-16-18-17-13)15(9-5-2-6-10-15)12-7-3-1-4-8-12/h1-9,11H,10H2,(H,16,17,18). The first kappa shape index (κ1) is 11.6. The number of carbonyl (C=O) groups excluding carboxylic acids is 1. The van der Waals surface area contributed by atoms with Crippen LogP contribution in [-0.4, -0.2) is 21.2 Å². The first-order valence-electron chi connectivity index (χ1n) is 6.13. The zero-order valence-electron chi connectivity index (χ0n) is 10.3. The molecule has 4 heteroatoms. The molecule has 1 unspecified atom stereocenters. The summed E-state index contributed by atoms with van der Waals surface area (Å²) >= 11 is 0. The number of Topliss-reactive ketones (excluding diaryl/α,β-unsaturated/α-hetero) is 1. The lowest BCUT2D eigenvalue weighted by atomic mass is 9.71. The highest BCUT2D eigenvalue weighted by atomic mass is 16.1. The quantitative estimate of drug-likeness (QED) is 0.852. The molecule has 1 atom stereocenters. The molecule has 0 spiro atoms. The van der Waals surface area contributed by atoms with Gasteiger partial charge in [0, 0.05) is 0 Å². The molecule has 1 aromatic carbocycles. The predicted octanol–water partition coefficient (Wildman–Crippen LogP) is 2.44. The van der Waals surface area contributed by atoms with Crippen LogP contribution in [0.2, 0.25) is 0 Å². The summed E-state index contributed by atoms with van der Waals surface area (Å²) in [4.78, 5) is 12.8. The summed E-state index contributed by atoms with van der Waals surface area (Å²) in [6.07, 6.45) is 9.93. The van der Waals surface area contributed by atoms with Crippen molar-refractivity contribution in [3.63, 3.8) is 0 Å². The maximum atomic E-state index is 12.8. The van der Waals surface area contributed by atoms with E-state index < -0.39 is 5.41 Å². The summed E-state index contributed by atoms with van der Waals surface area (Å²) in [5.41, 5.74) is 0.666. The van der Waals surface area contributed by atoms with E-state index in [0.29, 0.717) is 12.1 Å². The van der Waals surface area contributed by atoms with E-state index in [2.05, 4.69) is 15.4 Å². The van der Waals surface area contributed by atoms with Crippen molar-refractivity contribution in [1.29, 1.82) is 0 Å². The lowest BCUT2D eigenvalue weighted by Gasteiger charge is -2.29. The summed E-state index contributed by atoms with van der Waals surface area (Å²) in [5, 5.41) is 10.1. The zero-order valence-corrected chi connectivity index (χ0v) is 10.3.